The lowest BCUT2D eigenvalue weighted by Gasteiger charge is -2.17. The van der Waals surface area contributed by atoms with Gasteiger partial charge in [0, 0.05) is 12.2 Å². The van der Waals surface area contributed by atoms with E-state index in [-0.39, 0.29) is 12.6 Å². The Morgan fingerprint density at radius 1 is 1.50 bits per heavy atom. The summed E-state index contributed by atoms with van der Waals surface area (Å²) in [5.74, 6) is -1.21. The van der Waals surface area contributed by atoms with E-state index in [4.69, 9.17) is 10.2 Å². The summed E-state index contributed by atoms with van der Waals surface area (Å²) in [4.78, 5) is 22.1. The minimum atomic E-state index is -1.02. The molecule has 0 fully saturated rings. The van der Waals surface area contributed by atoms with E-state index < -0.39 is 11.8 Å². The Morgan fingerprint density at radius 3 is 2.75 bits per heavy atom. The Kier molecular flexibility index (Phi) is 3.88. The van der Waals surface area contributed by atoms with Gasteiger partial charge in [-0.05, 0) is 32.0 Å². The summed E-state index contributed by atoms with van der Waals surface area (Å²) in [7, 11) is 0. The van der Waals surface area contributed by atoms with Gasteiger partial charge < -0.3 is 15.5 Å². The molecule has 0 radical (unpaired) electrons. The molecule has 0 bridgehead atoms. The van der Waals surface area contributed by atoms with Crippen molar-refractivity contribution < 1.29 is 14.0 Å². The van der Waals surface area contributed by atoms with Crippen LogP contribution in [-0.2, 0) is 9.59 Å². The molecule has 2 aromatic heterocycles. The lowest BCUT2D eigenvalue weighted by atomic mass is 10.2. The zero-order valence-corrected chi connectivity index (χ0v) is 11.3. The van der Waals surface area contributed by atoms with Crippen LogP contribution in [0.4, 0.5) is 0 Å². The molecule has 20 heavy (non-hydrogen) atoms. The molecular formula is C13H16N4O3. The number of aryl methyl sites for hydroxylation is 2. The van der Waals surface area contributed by atoms with Gasteiger partial charge in [0.25, 0.3) is 0 Å². The molecule has 0 aliphatic rings. The normalized spacial score (nSPS) is 12.1. The van der Waals surface area contributed by atoms with Crippen molar-refractivity contribution >= 4 is 11.8 Å². The third kappa shape index (κ3) is 2.87. The first-order valence-electron chi connectivity index (χ1n) is 6.13. The standard InChI is InChI=1S/C13H16N4O3/c1-8-6-9(2)17(16-8)10(11-4-3-5-20-11)7-15-13(19)12(14)18/h3-6,10H,7H2,1-2H3,(H2,14,18)(H,15,19). The van der Waals surface area contributed by atoms with Crippen molar-refractivity contribution in [1.82, 2.24) is 15.1 Å². The van der Waals surface area contributed by atoms with Gasteiger partial charge in [-0.1, -0.05) is 0 Å². The number of amides is 2. The molecule has 0 aromatic carbocycles. The highest BCUT2D eigenvalue weighted by atomic mass is 16.3. The highest BCUT2D eigenvalue weighted by molar-refractivity contribution is 6.34. The van der Waals surface area contributed by atoms with E-state index in [1.807, 2.05) is 19.9 Å². The molecule has 0 saturated heterocycles. The molecule has 1 atom stereocenters. The molecule has 3 N–H and O–H groups in total. The van der Waals surface area contributed by atoms with Crippen LogP contribution in [0.25, 0.3) is 0 Å². The van der Waals surface area contributed by atoms with E-state index in [0.29, 0.717) is 5.76 Å². The minimum Gasteiger partial charge on any atom is -0.467 e. The number of furan rings is 1. The predicted octanol–water partition coefficient (Wildman–Crippen LogP) is 0.284. The fourth-order valence-corrected chi connectivity index (χ4v) is 2.03. The van der Waals surface area contributed by atoms with Gasteiger partial charge in [-0.15, -0.1) is 0 Å². The molecular weight excluding hydrogens is 260 g/mol. The number of carbonyl (C=O) groups is 2. The van der Waals surface area contributed by atoms with Crippen LogP contribution in [0.5, 0.6) is 0 Å². The maximum atomic E-state index is 11.3. The van der Waals surface area contributed by atoms with Gasteiger partial charge in [0.2, 0.25) is 0 Å². The zero-order valence-electron chi connectivity index (χ0n) is 11.3. The number of nitrogens with zero attached hydrogens (tertiary/aromatic N) is 2. The fraction of sp³-hybridized carbons (Fsp3) is 0.308. The van der Waals surface area contributed by atoms with Gasteiger partial charge in [-0.2, -0.15) is 5.10 Å². The van der Waals surface area contributed by atoms with Gasteiger partial charge in [-0.25, -0.2) is 0 Å². The molecule has 2 aromatic rings. The van der Waals surface area contributed by atoms with E-state index in [0.717, 1.165) is 11.4 Å². The maximum Gasteiger partial charge on any atom is 0.309 e. The third-order valence-corrected chi connectivity index (χ3v) is 2.89. The van der Waals surface area contributed by atoms with Gasteiger partial charge >= 0.3 is 11.8 Å². The van der Waals surface area contributed by atoms with Crippen LogP contribution in [0.3, 0.4) is 0 Å². The molecule has 7 heteroatoms. The topological polar surface area (TPSA) is 103 Å². The van der Waals surface area contributed by atoms with Crippen molar-refractivity contribution in [3.63, 3.8) is 0 Å². The summed E-state index contributed by atoms with van der Waals surface area (Å²) in [6.07, 6.45) is 1.55. The second kappa shape index (κ2) is 5.60. The highest BCUT2D eigenvalue weighted by Gasteiger charge is 2.21. The smallest absolute Gasteiger partial charge is 0.309 e. The quantitative estimate of drug-likeness (QED) is 0.783. The molecule has 2 amide bonds. The Morgan fingerprint density at radius 2 is 2.25 bits per heavy atom. The monoisotopic (exact) mass is 276 g/mol. The molecule has 0 saturated carbocycles. The summed E-state index contributed by atoms with van der Waals surface area (Å²) in [6, 6.07) is 5.13. The lowest BCUT2D eigenvalue weighted by Crippen LogP contribution is -2.39. The van der Waals surface area contributed by atoms with Gasteiger partial charge in [-0.3, -0.25) is 14.3 Å². The van der Waals surface area contributed by atoms with Crippen LogP contribution < -0.4 is 11.1 Å². The van der Waals surface area contributed by atoms with Crippen LogP contribution in [-0.4, -0.2) is 28.1 Å². The van der Waals surface area contributed by atoms with E-state index in [2.05, 4.69) is 10.4 Å². The summed E-state index contributed by atoms with van der Waals surface area (Å²) >= 11 is 0. The molecule has 2 heterocycles. The van der Waals surface area contributed by atoms with Gasteiger partial charge in [0.15, 0.2) is 0 Å². The van der Waals surface area contributed by atoms with E-state index >= 15 is 0 Å². The van der Waals surface area contributed by atoms with Crippen LogP contribution in [0, 0.1) is 13.8 Å². The SMILES string of the molecule is Cc1cc(C)n(C(CNC(=O)C(N)=O)c2ccco2)n1. The highest BCUT2D eigenvalue weighted by Crippen LogP contribution is 2.20. The zero-order chi connectivity index (χ0) is 14.7. The van der Waals surface area contributed by atoms with Gasteiger partial charge in [0.05, 0.1) is 12.0 Å². The van der Waals surface area contributed by atoms with Gasteiger partial charge in [0.1, 0.15) is 11.8 Å². The average molecular weight is 276 g/mol. The first-order valence-corrected chi connectivity index (χ1v) is 6.13. The molecule has 2 rings (SSSR count). The molecule has 1 unspecified atom stereocenters. The molecule has 106 valence electrons. The van der Waals surface area contributed by atoms with Crippen LogP contribution in [0.2, 0.25) is 0 Å². The van der Waals surface area contributed by atoms with Crippen molar-refractivity contribution in [2.24, 2.45) is 5.73 Å². The first kappa shape index (κ1) is 13.9. The van der Waals surface area contributed by atoms with E-state index in [1.165, 1.54) is 0 Å². The van der Waals surface area contributed by atoms with Crippen LogP contribution >= 0.6 is 0 Å². The van der Waals surface area contributed by atoms with Crippen LogP contribution in [0.15, 0.2) is 28.9 Å². The van der Waals surface area contributed by atoms with Crippen molar-refractivity contribution in [2.45, 2.75) is 19.9 Å². The predicted molar refractivity (Wildman–Crippen MR) is 70.8 cm³/mol. The average Bonchev–Trinajstić information content (AvgIpc) is 3.00. The number of nitrogens with one attached hydrogen (secondary N) is 1. The number of rotatable bonds is 4. The van der Waals surface area contributed by atoms with Crippen molar-refractivity contribution in [3.05, 3.63) is 41.6 Å². The molecule has 0 aliphatic heterocycles. The van der Waals surface area contributed by atoms with Crippen molar-refractivity contribution in [2.75, 3.05) is 6.54 Å². The Hall–Kier alpha value is -2.57. The summed E-state index contributed by atoms with van der Waals surface area (Å²) in [5, 5.41) is 6.85. The summed E-state index contributed by atoms with van der Waals surface area (Å²) in [6.45, 7) is 3.95. The van der Waals surface area contributed by atoms with Crippen molar-refractivity contribution in [1.29, 1.82) is 0 Å². The lowest BCUT2D eigenvalue weighted by molar-refractivity contribution is -0.137. The minimum absolute atomic E-state index is 0.164. The number of primary amides is 1. The number of hydrogen-bond acceptors (Lipinski definition) is 4. The van der Waals surface area contributed by atoms with Crippen molar-refractivity contribution in [3.8, 4) is 0 Å². The third-order valence-electron chi connectivity index (χ3n) is 2.89. The molecule has 7 nitrogen and oxygen atoms in total. The van der Waals surface area contributed by atoms with Crippen LogP contribution in [0.1, 0.15) is 23.2 Å². The second-order valence-corrected chi connectivity index (χ2v) is 4.48. The maximum absolute atomic E-state index is 11.3. The van der Waals surface area contributed by atoms with E-state index in [1.54, 1.807) is 23.1 Å². The first-order chi connectivity index (χ1) is 9.49. The Balaban J connectivity index is 2.24. The molecule has 0 aliphatic carbocycles. The summed E-state index contributed by atoms with van der Waals surface area (Å²) < 4.78 is 7.12. The number of nitrogens with two attached hydrogens (primary N) is 1. The second-order valence-electron chi connectivity index (χ2n) is 4.48. The number of aromatic nitrogens is 2. The Bertz CT molecular complexity index is 616. The largest absolute Gasteiger partial charge is 0.467 e. The molecule has 0 spiro atoms. The Labute approximate surface area is 115 Å². The summed E-state index contributed by atoms with van der Waals surface area (Å²) in [5.41, 5.74) is 6.71. The fourth-order valence-electron chi connectivity index (χ4n) is 2.03. The number of carbonyl (C=O) groups excluding carboxylic acids is 2. The van der Waals surface area contributed by atoms with E-state index in [9.17, 15) is 9.59 Å². The number of hydrogen-bond donors (Lipinski definition) is 2.